The van der Waals surface area contributed by atoms with Crippen molar-refractivity contribution in [2.45, 2.75) is 32.0 Å². The Morgan fingerprint density at radius 2 is 2.17 bits per heavy atom. The molecule has 1 fully saturated rings. The molecule has 4 heteroatoms. The summed E-state index contributed by atoms with van der Waals surface area (Å²) in [7, 11) is 0. The van der Waals surface area contributed by atoms with Crippen molar-refractivity contribution in [3.05, 3.63) is 34.9 Å². The lowest BCUT2D eigenvalue weighted by Crippen LogP contribution is -2.37. The summed E-state index contributed by atoms with van der Waals surface area (Å²) in [6.07, 6.45) is 2.30. The van der Waals surface area contributed by atoms with Gasteiger partial charge in [0.1, 0.15) is 0 Å². The van der Waals surface area contributed by atoms with Gasteiger partial charge in [0.15, 0.2) is 0 Å². The summed E-state index contributed by atoms with van der Waals surface area (Å²) in [5.74, 6) is -0.850. The monoisotopic (exact) mass is 247 g/mol. The third-order valence-electron chi connectivity index (χ3n) is 3.85. The molecule has 0 bridgehead atoms. The molecular weight excluding hydrogens is 230 g/mol. The summed E-state index contributed by atoms with van der Waals surface area (Å²) in [5, 5.41) is 9.00. The first-order chi connectivity index (χ1) is 8.74. The number of aromatic carboxylic acids is 1. The number of fused-ring (bicyclic) bond motifs is 1. The molecular formula is C14H17NO3. The smallest absolute Gasteiger partial charge is 0.335 e. The summed E-state index contributed by atoms with van der Waals surface area (Å²) in [6, 6.07) is 5.94. The van der Waals surface area contributed by atoms with Crippen LogP contribution in [0.5, 0.6) is 0 Å². The largest absolute Gasteiger partial charge is 0.478 e. The normalized spacial score (nSPS) is 23.9. The van der Waals surface area contributed by atoms with Gasteiger partial charge in [0, 0.05) is 25.7 Å². The van der Waals surface area contributed by atoms with Crippen LogP contribution in [0.2, 0.25) is 0 Å². The molecule has 2 heterocycles. The molecule has 0 spiro atoms. The first-order valence-electron chi connectivity index (χ1n) is 6.41. The van der Waals surface area contributed by atoms with Crippen LogP contribution in [0.4, 0.5) is 0 Å². The number of hydrogen-bond acceptors (Lipinski definition) is 3. The molecule has 1 aromatic carbocycles. The van der Waals surface area contributed by atoms with Crippen molar-refractivity contribution in [1.29, 1.82) is 0 Å². The molecule has 0 aliphatic carbocycles. The lowest BCUT2D eigenvalue weighted by atomic mass is 10.1. The van der Waals surface area contributed by atoms with E-state index in [9.17, 15) is 4.79 Å². The first-order valence-corrected chi connectivity index (χ1v) is 6.41. The maximum Gasteiger partial charge on any atom is 0.335 e. The van der Waals surface area contributed by atoms with Gasteiger partial charge in [-0.15, -0.1) is 0 Å². The molecule has 1 atom stereocenters. The second-order valence-corrected chi connectivity index (χ2v) is 5.06. The molecule has 1 N–H and O–H groups in total. The van der Waals surface area contributed by atoms with Gasteiger partial charge < -0.3 is 9.84 Å². The lowest BCUT2D eigenvalue weighted by molar-refractivity contribution is 0.0161. The number of benzene rings is 1. The Kier molecular flexibility index (Phi) is 3.06. The fourth-order valence-electron chi connectivity index (χ4n) is 2.82. The third-order valence-corrected chi connectivity index (χ3v) is 3.85. The van der Waals surface area contributed by atoms with E-state index in [1.54, 1.807) is 12.1 Å². The fourth-order valence-corrected chi connectivity index (χ4v) is 2.82. The molecule has 0 radical (unpaired) electrons. The van der Waals surface area contributed by atoms with Crippen molar-refractivity contribution < 1.29 is 14.6 Å². The average Bonchev–Trinajstić information content (AvgIpc) is 2.82. The lowest BCUT2D eigenvalue weighted by Gasteiger charge is -2.30. The van der Waals surface area contributed by atoms with E-state index in [2.05, 4.69) is 4.90 Å². The minimum Gasteiger partial charge on any atom is -0.478 e. The quantitative estimate of drug-likeness (QED) is 0.867. The van der Waals surface area contributed by atoms with Crippen molar-refractivity contribution >= 4 is 5.97 Å². The Hall–Kier alpha value is -1.39. The van der Waals surface area contributed by atoms with E-state index in [4.69, 9.17) is 9.84 Å². The van der Waals surface area contributed by atoms with E-state index in [1.807, 2.05) is 6.07 Å². The minimum atomic E-state index is -0.850. The zero-order valence-electron chi connectivity index (χ0n) is 10.3. The van der Waals surface area contributed by atoms with Gasteiger partial charge in [0.2, 0.25) is 0 Å². The Bertz CT molecular complexity index is 466. The van der Waals surface area contributed by atoms with Crippen molar-refractivity contribution in [3.63, 3.8) is 0 Å². The highest BCUT2D eigenvalue weighted by Crippen LogP contribution is 2.28. The van der Waals surface area contributed by atoms with E-state index < -0.39 is 5.97 Å². The van der Waals surface area contributed by atoms with Crippen LogP contribution in [0.15, 0.2) is 18.2 Å². The number of rotatable bonds is 2. The Balaban J connectivity index is 1.76. The van der Waals surface area contributed by atoms with Crippen LogP contribution in [0.25, 0.3) is 0 Å². The van der Waals surface area contributed by atoms with Crippen molar-refractivity contribution in [1.82, 2.24) is 4.90 Å². The van der Waals surface area contributed by atoms with E-state index in [-0.39, 0.29) is 0 Å². The highest BCUT2D eigenvalue weighted by Gasteiger charge is 2.27. The van der Waals surface area contributed by atoms with Crippen molar-refractivity contribution in [3.8, 4) is 0 Å². The molecule has 2 aliphatic rings. The van der Waals surface area contributed by atoms with Gasteiger partial charge in [-0.1, -0.05) is 6.07 Å². The van der Waals surface area contributed by atoms with Crippen LogP contribution in [-0.4, -0.2) is 35.2 Å². The van der Waals surface area contributed by atoms with Crippen molar-refractivity contribution in [2.75, 3.05) is 13.2 Å². The van der Waals surface area contributed by atoms with Crippen LogP contribution < -0.4 is 0 Å². The summed E-state index contributed by atoms with van der Waals surface area (Å²) < 4.78 is 5.52. The van der Waals surface area contributed by atoms with Crippen LogP contribution in [0, 0.1) is 0 Å². The van der Waals surface area contributed by atoms with Crippen LogP contribution in [0.1, 0.15) is 34.3 Å². The van der Waals surface area contributed by atoms with E-state index in [1.165, 1.54) is 12.0 Å². The fraction of sp³-hybridized carbons (Fsp3) is 0.500. The number of carboxylic acid groups (broad SMARTS) is 1. The van der Waals surface area contributed by atoms with Gasteiger partial charge in [-0.3, -0.25) is 4.90 Å². The number of nitrogens with zero attached hydrogens (tertiary/aromatic N) is 1. The molecule has 1 saturated heterocycles. The molecule has 3 rings (SSSR count). The molecule has 1 unspecified atom stereocenters. The number of hydrogen-bond donors (Lipinski definition) is 1. The highest BCUT2D eigenvalue weighted by atomic mass is 16.5. The number of carboxylic acids is 1. The Morgan fingerprint density at radius 3 is 2.89 bits per heavy atom. The Labute approximate surface area is 106 Å². The number of carbonyl (C=O) groups is 1. The Morgan fingerprint density at radius 1 is 1.33 bits per heavy atom. The number of ether oxygens (including phenoxy) is 1. The predicted molar refractivity (Wildman–Crippen MR) is 66.5 cm³/mol. The van der Waals surface area contributed by atoms with Crippen LogP contribution >= 0.6 is 0 Å². The van der Waals surface area contributed by atoms with Gasteiger partial charge >= 0.3 is 5.97 Å². The van der Waals surface area contributed by atoms with Crippen LogP contribution in [-0.2, 0) is 17.8 Å². The minimum absolute atomic E-state index is 0.385. The first kappa shape index (κ1) is 11.7. The highest BCUT2D eigenvalue weighted by molar-refractivity contribution is 5.87. The van der Waals surface area contributed by atoms with Crippen molar-refractivity contribution in [2.24, 2.45) is 0 Å². The van der Waals surface area contributed by atoms with Gasteiger partial charge in [0.05, 0.1) is 12.2 Å². The van der Waals surface area contributed by atoms with E-state index in [0.717, 1.165) is 38.3 Å². The molecule has 0 amide bonds. The second-order valence-electron chi connectivity index (χ2n) is 5.06. The van der Waals surface area contributed by atoms with Gasteiger partial charge in [0.25, 0.3) is 0 Å². The van der Waals surface area contributed by atoms with Gasteiger partial charge in [-0.2, -0.15) is 0 Å². The zero-order valence-corrected chi connectivity index (χ0v) is 10.3. The second kappa shape index (κ2) is 4.71. The molecule has 1 aromatic rings. The molecule has 96 valence electrons. The predicted octanol–water partition coefficient (Wildman–Crippen LogP) is 1.88. The van der Waals surface area contributed by atoms with E-state index >= 15 is 0 Å². The molecule has 4 nitrogen and oxygen atoms in total. The molecule has 2 aliphatic heterocycles. The zero-order chi connectivity index (χ0) is 12.5. The maximum absolute atomic E-state index is 11.0. The summed E-state index contributed by atoms with van der Waals surface area (Å²) in [5.41, 5.74) is 2.79. The maximum atomic E-state index is 11.0. The van der Waals surface area contributed by atoms with E-state index in [0.29, 0.717) is 11.6 Å². The summed E-state index contributed by atoms with van der Waals surface area (Å²) in [6.45, 7) is 3.45. The summed E-state index contributed by atoms with van der Waals surface area (Å²) in [4.78, 5) is 13.3. The van der Waals surface area contributed by atoms with Gasteiger partial charge in [-0.05, 0) is 36.1 Å². The average molecular weight is 247 g/mol. The standard InChI is InChI=1S/C14H17NO3/c16-14(17)10-3-4-11-7-15(8-12(11)6-10)13-2-1-5-18-9-13/h3-4,6,13H,1-2,5,7-9H2,(H,16,17). The molecule has 18 heavy (non-hydrogen) atoms. The SMILES string of the molecule is O=C(O)c1ccc2c(c1)CN(C1CCCOC1)C2. The topological polar surface area (TPSA) is 49.8 Å². The third kappa shape index (κ3) is 2.13. The molecule has 0 saturated carbocycles. The van der Waals surface area contributed by atoms with Crippen LogP contribution in [0.3, 0.4) is 0 Å². The summed E-state index contributed by atoms with van der Waals surface area (Å²) >= 11 is 0. The molecule has 0 aromatic heterocycles. The van der Waals surface area contributed by atoms with Gasteiger partial charge in [-0.25, -0.2) is 4.79 Å².